The van der Waals surface area contributed by atoms with Gasteiger partial charge in [-0.25, -0.2) is 9.97 Å². The second kappa shape index (κ2) is 6.23. The van der Waals surface area contributed by atoms with Crippen molar-refractivity contribution >= 4 is 17.4 Å². The van der Waals surface area contributed by atoms with E-state index in [1.807, 2.05) is 0 Å². The molecule has 1 heterocycles. The highest BCUT2D eigenvalue weighted by atomic mass is 35.5. The molecule has 0 fully saturated rings. The number of hydrogen-bond acceptors (Lipinski definition) is 3. The molecule has 106 valence electrons. The van der Waals surface area contributed by atoms with Crippen LogP contribution in [0.25, 0.3) is 0 Å². The maximum Gasteiger partial charge on any atom is 0.137 e. The van der Waals surface area contributed by atoms with E-state index in [9.17, 15) is 0 Å². The van der Waals surface area contributed by atoms with E-state index in [4.69, 9.17) is 11.6 Å². The minimum atomic E-state index is 0.173. The average molecular weight is 290 g/mol. The van der Waals surface area contributed by atoms with E-state index in [0.29, 0.717) is 5.15 Å². The molecule has 0 aliphatic carbocycles. The van der Waals surface area contributed by atoms with Crippen LogP contribution in [0.1, 0.15) is 42.1 Å². The summed E-state index contributed by atoms with van der Waals surface area (Å²) in [7, 11) is 0. The fourth-order valence-electron chi connectivity index (χ4n) is 2.42. The summed E-state index contributed by atoms with van der Waals surface area (Å²) in [6, 6.07) is 6.67. The molecule has 0 aliphatic heterocycles. The van der Waals surface area contributed by atoms with Gasteiger partial charge in [0.15, 0.2) is 0 Å². The zero-order chi connectivity index (χ0) is 14.7. The SMILES string of the molecule is CCc1c(Cl)ncnc1NC(C)c1ccc(C)cc1C. The molecule has 0 saturated carbocycles. The van der Waals surface area contributed by atoms with E-state index in [2.05, 4.69) is 61.2 Å². The molecule has 1 atom stereocenters. The van der Waals surface area contributed by atoms with Crippen molar-refractivity contribution < 1.29 is 0 Å². The summed E-state index contributed by atoms with van der Waals surface area (Å²) in [4.78, 5) is 8.35. The first kappa shape index (κ1) is 14.8. The van der Waals surface area contributed by atoms with Crippen LogP contribution in [-0.2, 0) is 6.42 Å². The fraction of sp³-hybridized carbons (Fsp3) is 0.375. The van der Waals surface area contributed by atoms with E-state index >= 15 is 0 Å². The number of nitrogens with one attached hydrogen (secondary N) is 1. The summed E-state index contributed by atoms with van der Waals surface area (Å²) < 4.78 is 0. The van der Waals surface area contributed by atoms with Crippen LogP contribution in [-0.4, -0.2) is 9.97 Å². The van der Waals surface area contributed by atoms with Crippen LogP contribution in [0.5, 0.6) is 0 Å². The molecular formula is C16H20ClN3. The molecule has 2 rings (SSSR count). The van der Waals surface area contributed by atoms with Crippen molar-refractivity contribution in [2.45, 2.75) is 40.2 Å². The predicted octanol–water partition coefficient (Wildman–Crippen LogP) is 4.48. The van der Waals surface area contributed by atoms with Gasteiger partial charge in [-0.15, -0.1) is 0 Å². The van der Waals surface area contributed by atoms with Crippen molar-refractivity contribution in [3.05, 3.63) is 51.9 Å². The minimum absolute atomic E-state index is 0.173. The van der Waals surface area contributed by atoms with E-state index in [-0.39, 0.29) is 6.04 Å². The molecule has 0 spiro atoms. The summed E-state index contributed by atoms with van der Waals surface area (Å²) >= 11 is 6.12. The van der Waals surface area contributed by atoms with Gasteiger partial charge in [0.25, 0.3) is 0 Å². The maximum atomic E-state index is 6.12. The summed E-state index contributed by atoms with van der Waals surface area (Å²) in [6.45, 7) is 8.42. The van der Waals surface area contributed by atoms with Gasteiger partial charge in [-0.1, -0.05) is 42.3 Å². The molecule has 1 unspecified atom stereocenters. The van der Waals surface area contributed by atoms with Gasteiger partial charge in [0, 0.05) is 5.56 Å². The molecule has 20 heavy (non-hydrogen) atoms. The molecule has 0 bridgehead atoms. The van der Waals surface area contributed by atoms with Crippen LogP contribution in [0, 0.1) is 13.8 Å². The topological polar surface area (TPSA) is 37.8 Å². The maximum absolute atomic E-state index is 6.12. The normalized spacial score (nSPS) is 12.2. The number of benzene rings is 1. The average Bonchev–Trinajstić information content (AvgIpc) is 2.38. The number of aryl methyl sites for hydroxylation is 2. The summed E-state index contributed by atoms with van der Waals surface area (Å²) in [5.74, 6) is 0.819. The highest BCUT2D eigenvalue weighted by molar-refractivity contribution is 6.30. The largest absolute Gasteiger partial charge is 0.363 e. The lowest BCUT2D eigenvalue weighted by Gasteiger charge is -2.19. The van der Waals surface area contributed by atoms with Gasteiger partial charge in [0.1, 0.15) is 17.3 Å². The molecule has 0 radical (unpaired) electrons. The number of halogens is 1. The third kappa shape index (κ3) is 3.10. The first-order valence-electron chi connectivity index (χ1n) is 6.86. The van der Waals surface area contributed by atoms with Crippen molar-refractivity contribution in [1.29, 1.82) is 0 Å². The van der Waals surface area contributed by atoms with Crippen LogP contribution < -0.4 is 5.32 Å². The Morgan fingerprint density at radius 1 is 1.25 bits per heavy atom. The zero-order valence-electron chi connectivity index (χ0n) is 12.4. The molecule has 3 nitrogen and oxygen atoms in total. The Bertz CT molecular complexity index is 611. The molecule has 0 saturated heterocycles. The second-order valence-corrected chi connectivity index (χ2v) is 5.43. The molecular weight excluding hydrogens is 270 g/mol. The Morgan fingerprint density at radius 2 is 2.00 bits per heavy atom. The molecule has 0 amide bonds. The van der Waals surface area contributed by atoms with Crippen LogP contribution in [0.4, 0.5) is 5.82 Å². The molecule has 1 aromatic heterocycles. The number of rotatable bonds is 4. The third-order valence-electron chi connectivity index (χ3n) is 3.49. The first-order valence-corrected chi connectivity index (χ1v) is 7.23. The Morgan fingerprint density at radius 3 is 2.65 bits per heavy atom. The third-order valence-corrected chi connectivity index (χ3v) is 3.82. The summed E-state index contributed by atoms with van der Waals surface area (Å²) in [6.07, 6.45) is 2.31. The van der Waals surface area contributed by atoms with Crippen molar-refractivity contribution in [2.24, 2.45) is 0 Å². The van der Waals surface area contributed by atoms with E-state index < -0.39 is 0 Å². The monoisotopic (exact) mass is 289 g/mol. The Hall–Kier alpha value is -1.61. The van der Waals surface area contributed by atoms with Crippen LogP contribution in [0.15, 0.2) is 24.5 Å². The van der Waals surface area contributed by atoms with Gasteiger partial charge in [-0.05, 0) is 38.3 Å². The van der Waals surface area contributed by atoms with Crippen LogP contribution in [0.2, 0.25) is 5.15 Å². The lowest BCUT2D eigenvalue weighted by atomic mass is 10.00. The van der Waals surface area contributed by atoms with Gasteiger partial charge in [0.2, 0.25) is 0 Å². The minimum Gasteiger partial charge on any atom is -0.363 e. The standard InChI is InChI=1S/C16H20ClN3/c1-5-13-15(17)18-9-19-16(13)20-12(4)14-7-6-10(2)8-11(14)3/h6-9,12H,5H2,1-4H3,(H,18,19,20). The summed E-state index contributed by atoms with van der Waals surface area (Å²) in [5, 5.41) is 3.97. The number of nitrogens with zero attached hydrogens (tertiary/aromatic N) is 2. The van der Waals surface area contributed by atoms with Crippen molar-refractivity contribution in [3.8, 4) is 0 Å². The van der Waals surface area contributed by atoms with Gasteiger partial charge in [-0.2, -0.15) is 0 Å². The number of anilines is 1. The fourth-order valence-corrected chi connectivity index (χ4v) is 2.69. The van der Waals surface area contributed by atoms with E-state index in [0.717, 1.165) is 17.8 Å². The highest BCUT2D eigenvalue weighted by Gasteiger charge is 2.13. The highest BCUT2D eigenvalue weighted by Crippen LogP contribution is 2.26. The quantitative estimate of drug-likeness (QED) is 0.843. The first-order chi connectivity index (χ1) is 9.52. The molecule has 2 aromatic rings. The Kier molecular flexibility index (Phi) is 4.61. The van der Waals surface area contributed by atoms with Crippen molar-refractivity contribution in [3.63, 3.8) is 0 Å². The smallest absolute Gasteiger partial charge is 0.137 e. The van der Waals surface area contributed by atoms with E-state index in [1.165, 1.54) is 23.0 Å². The molecule has 1 aromatic carbocycles. The predicted molar refractivity (Wildman–Crippen MR) is 84.4 cm³/mol. The van der Waals surface area contributed by atoms with Crippen molar-refractivity contribution in [1.82, 2.24) is 9.97 Å². The van der Waals surface area contributed by atoms with Crippen molar-refractivity contribution in [2.75, 3.05) is 5.32 Å². The van der Waals surface area contributed by atoms with Gasteiger partial charge < -0.3 is 5.32 Å². The van der Waals surface area contributed by atoms with Gasteiger partial charge >= 0.3 is 0 Å². The Labute approximate surface area is 125 Å². The lowest BCUT2D eigenvalue weighted by molar-refractivity contribution is 0.853. The zero-order valence-corrected chi connectivity index (χ0v) is 13.1. The molecule has 4 heteroatoms. The Balaban J connectivity index is 2.28. The lowest BCUT2D eigenvalue weighted by Crippen LogP contribution is -2.11. The molecule has 0 aliphatic rings. The van der Waals surface area contributed by atoms with Gasteiger partial charge in [-0.3, -0.25) is 0 Å². The summed E-state index contributed by atoms with van der Waals surface area (Å²) in [5.41, 5.74) is 4.79. The second-order valence-electron chi connectivity index (χ2n) is 5.07. The van der Waals surface area contributed by atoms with E-state index in [1.54, 1.807) is 0 Å². The van der Waals surface area contributed by atoms with Crippen LogP contribution >= 0.6 is 11.6 Å². The van der Waals surface area contributed by atoms with Crippen LogP contribution in [0.3, 0.4) is 0 Å². The van der Waals surface area contributed by atoms with Gasteiger partial charge in [0.05, 0.1) is 6.04 Å². The number of aromatic nitrogens is 2. The molecule has 1 N–H and O–H groups in total. The number of hydrogen-bond donors (Lipinski definition) is 1.